The maximum Gasteiger partial charge on any atom is 0.348 e. The summed E-state index contributed by atoms with van der Waals surface area (Å²) in [5.41, 5.74) is 0.759. The molecular weight excluding hydrogens is 300 g/mol. The van der Waals surface area contributed by atoms with Gasteiger partial charge in [-0.25, -0.2) is 9.59 Å². The predicted molar refractivity (Wildman–Crippen MR) is 86.3 cm³/mol. The summed E-state index contributed by atoms with van der Waals surface area (Å²) in [6.45, 7) is 5.21. The Kier molecular flexibility index (Phi) is 5.29. The van der Waals surface area contributed by atoms with Crippen molar-refractivity contribution < 1.29 is 19.1 Å². The van der Waals surface area contributed by atoms with Crippen LogP contribution < -0.4 is 0 Å². The average Bonchev–Trinajstić information content (AvgIpc) is 2.43. The van der Waals surface area contributed by atoms with Crippen molar-refractivity contribution in [3.63, 3.8) is 0 Å². The first-order valence-electron chi connectivity index (χ1n) is 7.33. The third-order valence-corrected chi connectivity index (χ3v) is 4.27. The van der Waals surface area contributed by atoms with E-state index in [9.17, 15) is 9.59 Å². The lowest BCUT2D eigenvalue weighted by Crippen LogP contribution is -2.41. The number of thioether (sulfide) groups is 1. The van der Waals surface area contributed by atoms with Gasteiger partial charge in [0.15, 0.2) is 0 Å². The van der Waals surface area contributed by atoms with E-state index in [0.717, 1.165) is 29.1 Å². The van der Waals surface area contributed by atoms with E-state index < -0.39 is 17.7 Å². The van der Waals surface area contributed by atoms with Crippen LogP contribution in [-0.2, 0) is 19.1 Å². The van der Waals surface area contributed by atoms with Gasteiger partial charge < -0.3 is 9.47 Å². The Balaban J connectivity index is 2.25. The second-order valence-corrected chi connectivity index (χ2v) is 6.61. The van der Waals surface area contributed by atoms with Gasteiger partial charge in [-0.2, -0.15) is 0 Å². The van der Waals surface area contributed by atoms with E-state index in [1.807, 2.05) is 24.3 Å². The van der Waals surface area contributed by atoms with E-state index in [1.54, 1.807) is 17.8 Å². The molecule has 0 atom stereocenters. The van der Waals surface area contributed by atoms with E-state index >= 15 is 0 Å². The molecule has 0 amide bonds. The molecule has 0 aromatic heterocycles. The molecule has 4 nitrogen and oxygen atoms in total. The highest BCUT2D eigenvalue weighted by Gasteiger charge is 2.38. The Labute approximate surface area is 134 Å². The summed E-state index contributed by atoms with van der Waals surface area (Å²) >= 11 is 1.71. The van der Waals surface area contributed by atoms with Crippen molar-refractivity contribution in [3.05, 3.63) is 35.4 Å². The zero-order valence-corrected chi connectivity index (χ0v) is 13.9. The van der Waals surface area contributed by atoms with Crippen LogP contribution in [0.1, 0.15) is 39.2 Å². The number of esters is 2. The molecule has 0 spiro atoms. The highest BCUT2D eigenvalue weighted by molar-refractivity contribution is 7.99. The van der Waals surface area contributed by atoms with Crippen molar-refractivity contribution in [1.29, 1.82) is 0 Å². The lowest BCUT2D eigenvalue weighted by molar-refractivity contribution is -0.222. The monoisotopic (exact) mass is 320 g/mol. The van der Waals surface area contributed by atoms with Gasteiger partial charge in [-0.3, -0.25) is 0 Å². The number of ether oxygens (including phenoxy) is 2. The fourth-order valence-corrected chi connectivity index (χ4v) is 3.11. The number of rotatable bonds is 5. The quantitative estimate of drug-likeness (QED) is 0.271. The van der Waals surface area contributed by atoms with Gasteiger partial charge in [0, 0.05) is 18.7 Å². The maximum absolute atomic E-state index is 12.0. The molecule has 0 unspecified atom stereocenters. The summed E-state index contributed by atoms with van der Waals surface area (Å²) in [7, 11) is 0. The first-order valence-corrected chi connectivity index (χ1v) is 8.31. The molecule has 0 bridgehead atoms. The minimum Gasteiger partial charge on any atom is -0.419 e. The molecule has 5 heteroatoms. The minimum absolute atomic E-state index is 0.0668. The summed E-state index contributed by atoms with van der Waals surface area (Å²) in [4.78, 5) is 25.0. The van der Waals surface area contributed by atoms with Crippen LogP contribution in [0.15, 0.2) is 34.7 Å². The largest absolute Gasteiger partial charge is 0.419 e. The van der Waals surface area contributed by atoms with Gasteiger partial charge in [-0.05, 0) is 29.9 Å². The molecule has 1 aromatic rings. The summed E-state index contributed by atoms with van der Waals surface area (Å²) in [6, 6.07) is 7.67. The summed E-state index contributed by atoms with van der Waals surface area (Å²) in [5, 5.41) is 0. The number of cyclic esters (lactones) is 2. The Morgan fingerprint density at radius 1 is 1.14 bits per heavy atom. The van der Waals surface area contributed by atoms with Crippen LogP contribution >= 0.6 is 11.8 Å². The van der Waals surface area contributed by atoms with E-state index in [-0.39, 0.29) is 5.57 Å². The fourth-order valence-electron chi connectivity index (χ4n) is 1.99. The van der Waals surface area contributed by atoms with Crippen molar-refractivity contribution in [2.75, 3.05) is 5.75 Å². The SMILES string of the molecule is CCCCSc1ccccc1C=C1C(=O)OC(C)(C)OC1=O. The van der Waals surface area contributed by atoms with Gasteiger partial charge in [0.1, 0.15) is 5.57 Å². The number of carbonyl (C=O) groups excluding carboxylic acids is 2. The Hall–Kier alpha value is -1.75. The van der Waals surface area contributed by atoms with Gasteiger partial charge in [0.25, 0.3) is 5.79 Å². The van der Waals surface area contributed by atoms with E-state index in [2.05, 4.69) is 6.92 Å². The Morgan fingerprint density at radius 2 is 1.77 bits per heavy atom. The predicted octanol–water partition coefficient (Wildman–Crippen LogP) is 3.80. The van der Waals surface area contributed by atoms with Gasteiger partial charge >= 0.3 is 11.9 Å². The Morgan fingerprint density at radius 3 is 2.41 bits per heavy atom. The molecule has 0 N–H and O–H groups in total. The minimum atomic E-state index is -1.21. The molecule has 1 heterocycles. The molecule has 0 radical (unpaired) electrons. The summed E-state index contributed by atoms with van der Waals surface area (Å²) in [5.74, 6) is -1.50. The topological polar surface area (TPSA) is 52.6 Å². The molecule has 0 aliphatic carbocycles. The average molecular weight is 320 g/mol. The normalized spacial score (nSPS) is 17.0. The number of hydrogen-bond acceptors (Lipinski definition) is 5. The number of benzene rings is 1. The van der Waals surface area contributed by atoms with Gasteiger partial charge in [-0.1, -0.05) is 31.5 Å². The molecule has 1 aliphatic heterocycles. The second-order valence-electron chi connectivity index (χ2n) is 5.48. The zero-order chi connectivity index (χ0) is 16.2. The Bertz CT molecular complexity index is 582. The second kappa shape index (κ2) is 7.01. The highest BCUT2D eigenvalue weighted by Crippen LogP contribution is 2.28. The first-order chi connectivity index (χ1) is 10.4. The standard InChI is InChI=1S/C17H20O4S/c1-4-5-10-22-14-9-7-6-8-12(14)11-13-15(18)20-17(2,3)21-16(13)19/h6-9,11H,4-5,10H2,1-3H3. The lowest BCUT2D eigenvalue weighted by atomic mass is 10.1. The molecule has 1 aromatic carbocycles. The summed E-state index contributed by atoms with van der Waals surface area (Å²) < 4.78 is 10.2. The van der Waals surface area contributed by atoms with Crippen LogP contribution in [0.2, 0.25) is 0 Å². The van der Waals surface area contributed by atoms with Crippen LogP contribution in [0, 0.1) is 0 Å². The van der Waals surface area contributed by atoms with Crippen molar-refractivity contribution in [2.45, 2.75) is 44.3 Å². The number of carbonyl (C=O) groups is 2. The first kappa shape index (κ1) is 16.6. The smallest absolute Gasteiger partial charge is 0.348 e. The van der Waals surface area contributed by atoms with Crippen LogP contribution in [0.5, 0.6) is 0 Å². The molecule has 1 saturated heterocycles. The molecular formula is C17H20O4S. The van der Waals surface area contributed by atoms with Crippen LogP contribution in [0.3, 0.4) is 0 Å². The van der Waals surface area contributed by atoms with Gasteiger partial charge in [0.05, 0.1) is 0 Å². The lowest BCUT2D eigenvalue weighted by Gasteiger charge is -2.29. The van der Waals surface area contributed by atoms with Crippen LogP contribution in [-0.4, -0.2) is 23.5 Å². The fraction of sp³-hybridized carbons (Fsp3) is 0.412. The molecule has 22 heavy (non-hydrogen) atoms. The zero-order valence-electron chi connectivity index (χ0n) is 13.0. The van der Waals surface area contributed by atoms with Crippen molar-refractivity contribution >= 4 is 29.8 Å². The number of hydrogen-bond donors (Lipinski definition) is 0. The molecule has 2 rings (SSSR count). The molecule has 118 valence electrons. The third-order valence-electron chi connectivity index (χ3n) is 3.09. The third kappa shape index (κ3) is 4.13. The van der Waals surface area contributed by atoms with Crippen molar-refractivity contribution in [2.24, 2.45) is 0 Å². The van der Waals surface area contributed by atoms with E-state index in [0.29, 0.717) is 0 Å². The van der Waals surface area contributed by atoms with Crippen molar-refractivity contribution in [1.82, 2.24) is 0 Å². The number of unbranched alkanes of at least 4 members (excludes halogenated alkanes) is 1. The molecule has 1 aliphatic rings. The van der Waals surface area contributed by atoms with E-state index in [1.165, 1.54) is 13.8 Å². The highest BCUT2D eigenvalue weighted by atomic mass is 32.2. The molecule has 0 saturated carbocycles. The van der Waals surface area contributed by atoms with E-state index in [4.69, 9.17) is 9.47 Å². The van der Waals surface area contributed by atoms with Crippen molar-refractivity contribution in [3.8, 4) is 0 Å². The van der Waals surface area contributed by atoms with Crippen LogP contribution in [0.25, 0.3) is 6.08 Å². The summed E-state index contributed by atoms with van der Waals surface area (Å²) in [6.07, 6.45) is 3.80. The maximum atomic E-state index is 12.0. The van der Waals surface area contributed by atoms with Crippen LogP contribution in [0.4, 0.5) is 0 Å². The van der Waals surface area contributed by atoms with Gasteiger partial charge in [-0.15, -0.1) is 11.8 Å². The van der Waals surface area contributed by atoms with Gasteiger partial charge in [0.2, 0.25) is 0 Å². The molecule has 1 fully saturated rings.